The first kappa shape index (κ1) is 20.3. The normalized spacial score (nSPS) is 18.2. The second-order valence-corrected chi connectivity index (χ2v) is 7.59. The highest BCUT2D eigenvalue weighted by atomic mass is 16.2. The van der Waals surface area contributed by atoms with Gasteiger partial charge in [-0.2, -0.15) is 14.9 Å². The summed E-state index contributed by atoms with van der Waals surface area (Å²) >= 11 is 0. The van der Waals surface area contributed by atoms with Gasteiger partial charge in [0.2, 0.25) is 0 Å². The number of para-hydroxylation sites is 1. The molecule has 4 rings (SSSR count). The SMILES string of the molecule is Cc1nn(-c2ccccc2)nc1C(=O)NN1C(=O)NC(C)(CCc2ccccc2)C1=O. The Morgan fingerprint density at radius 3 is 2.35 bits per heavy atom. The Morgan fingerprint density at radius 2 is 1.68 bits per heavy atom. The van der Waals surface area contributed by atoms with Gasteiger partial charge < -0.3 is 5.32 Å². The maximum Gasteiger partial charge on any atom is 0.344 e. The molecule has 0 aliphatic carbocycles. The van der Waals surface area contributed by atoms with Gasteiger partial charge in [0.05, 0.1) is 11.4 Å². The fourth-order valence-corrected chi connectivity index (χ4v) is 3.41. The van der Waals surface area contributed by atoms with Crippen molar-refractivity contribution in [3.8, 4) is 5.69 Å². The maximum absolute atomic E-state index is 12.9. The molecule has 1 fully saturated rings. The lowest BCUT2D eigenvalue weighted by atomic mass is 9.93. The van der Waals surface area contributed by atoms with Crippen molar-refractivity contribution in [1.29, 1.82) is 0 Å². The summed E-state index contributed by atoms with van der Waals surface area (Å²) < 4.78 is 0. The number of nitrogens with zero attached hydrogens (tertiary/aromatic N) is 4. The minimum atomic E-state index is -1.11. The zero-order valence-electron chi connectivity index (χ0n) is 17.2. The Hall–Kier alpha value is -4.01. The minimum absolute atomic E-state index is 0.0299. The van der Waals surface area contributed by atoms with Crippen molar-refractivity contribution in [1.82, 2.24) is 30.7 Å². The molecule has 0 radical (unpaired) electrons. The lowest BCUT2D eigenvalue weighted by molar-refractivity contribution is -0.132. The summed E-state index contributed by atoms with van der Waals surface area (Å²) in [7, 11) is 0. The summed E-state index contributed by atoms with van der Waals surface area (Å²) in [6.45, 7) is 3.29. The number of urea groups is 1. The molecule has 2 heterocycles. The van der Waals surface area contributed by atoms with Crippen molar-refractivity contribution in [3.63, 3.8) is 0 Å². The molecule has 9 heteroatoms. The fraction of sp³-hybridized carbons (Fsp3) is 0.227. The van der Waals surface area contributed by atoms with Gasteiger partial charge >= 0.3 is 6.03 Å². The molecule has 0 bridgehead atoms. The standard InChI is InChI=1S/C22H22N6O3/c1-15-18(25-28(24-15)17-11-7-4-8-12-17)19(29)26-27-20(30)22(2,23-21(27)31)14-13-16-9-5-3-6-10-16/h3-12H,13-14H2,1-2H3,(H,23,31)(H,26,29). The molecule has 0 saturated carbocycles. The van der Waals surface area contributed by atoms with Crippen molar-refractivity contribution in [3.05, 3.63) is 77.6 Å². The van der Waals surface area contributed by atoms with E-state index in [1.165, 1.54) is 4.80 Å². The lowest BCUT2D eigenvalue weighted by Gasteiger charge is -2.21. The largest absolute Gasteiger partial charge is 0.344 e. The molecule has 158 valence electrons. The number of benzene rings is 2. The van der Waals surface area contributed by atoms with Crippen LogP contribution in [-0.2, 0) is 11.2 Å². The van der Waals surface area contributed by atoms with Crippen LogP contribution >= 0.6 is 0 Å². The highest BCUT2D eigenvalue weighted by Crippen LogP contribution is 2.22. The van der Waals surface area contributed by atoms with Crippen LogP contribution in [0, 0.1) is 6.92 Å². The van der Waals surface area contributed by atoms with Gasteiger partial charge in [-0.15, -0.1) is 5.10 Å². The van der Waals surface area contributed by atoms with Gasteiger partial charge in [-0.1, -0.05) is 48.5 Å². The molecule has 1 saturated heterocycles. The third kappa shape index (κ3) is 4.02. The van der Waals surface area contributed by atoms with Crippen LogP contribution in [0.2, 0.25) is 0 Å². The van der Waals surface area contributed by atoms with Gasteiger partial charge in [-0.25, -0.2) is 4.79 Å². The Kier molecular flexibility index (Phi) is 5.24. The summed E-state index contributed by atoms with van der Waals surface area (Å²) in [4.78, 5) is 39.4. The van der Waals surface area contributed by atoms with Crippen molar-refractivity contribution in [2.24, 2.45) is 0 Å². The minimum Gasteiger partial charge on any atom is -0.322 e. The molecular formula is C22H22N6O3. The molecule has 2 N–H and O–H groups in total. The molecule has 9 nitrogen and oxygen atoms in total. The van der Waals surface area contributed by atoms with E-state index >= 15 is 0 Å². The second-order valence-electron chi connectivity index (χ2n) is 7.59. The summed E-state index contributed by atoms with van der Waals surface area (Å²) in [6.07, 6.45) is 1.01. The lowest BCUT2D eigenvalue weighted by Crippen LogP contribution is -2.49. The van der Waals surface area contributed by atoms with Gasteiger partial charge in [-0.05, 0) is 44.4 Å². The Balaban J connectivity index is 1.47. The smallest absolute Gasteiger partial charge is 0.322 e. The van der Waals surface area contributed by atoms with Crippen LogP contribution < -0.4 is 10.7 Å². The number of aryl methyl sites for hydroxylation is 2. The van der Waals surface area contributed by atoms with E-state index in [1.807, 2.05) is 48.5 Å². The van der Waals surface area contributed by atoms with Crippen molar-refractivity contribution >= 4 is 17.8 Å². The third-order valence-electron chi connectivity index (χ3n) is 5.22. The topological polar surface area (TPSA) is 109 Å². The molecule has 3 aromatic rings. The molecule has 1 aliphatic heterocycles. The van der Waals surface area contributed by atoms with Gasteiger partial charge in [0, 0.05) is 0 Å². The molecular weight excluding hydrogens is 396 g/mol. The molecule has 1 unspecified atom stereocenters. The van der Waals surface area contributed by atoms with Crippen molar-refractivity contribution in [2.75, 3.05) is 0 Å². The zero-order chi connectivity index (χ0) is 22.0. The number of rotatable bonds is 6. The van der Waals surface area contributed by atoms with Gasteiger partial charge in [-0.3, -0.25) is 15.0 Å². The van der Waals surface area contributed by atoms with Crippen molar-refractivity contribution < 1.29 is 14.4 Å². The molecule has 1 aliphatic rings. The van der Waals surface area contributed by atoms with E-state index in [0.29, 0.717) is 29.2 Å². The van der Waals surface area contributed by atoms with E-state index in [4.69, 9.17) is 0 Å². The van der Waals surface area contributed by atoms with E-state index in [1.54, 1.807) is 26.0 Å². The third-order valence-corrected chi connectivity index (χ3v) is 5.22. The number of carbonyl (C=O) groups excluding carboxylic acids is 3. The van der Waals surface area contributed by atoms with Crippen LogP contribution in [0.4, 0.5) is 4.79 Å². The number of hydrogen-bond acceptors (Lipinski definition) is 5. The molecule has 1 atom stereocenters. The van der Waals surface area contributed by atoms with Crippen LogP contribution in [0.25, 0.3) is 5.69 Å². The highest BCUT2D eigenvalue weighted by Gasteiger charge is 2.48. The number of carbonyl (C=O) groups is 3. The average molecular weight is 418 g/mol. The first-order chi connectivity index (χ1) is 14.9. The Labute approximate surface area is 179 Å². The fourth-order valence-electron chi connectivity index (χ4n) is 3.41. The molecule has 31 heavy (non-hydrogen) atoms. The number of imide groups is 1. The summed E-state index contributed by atoms with van der Waals surface area (Å²) in [5, 5.41) is 11.9. The monoisotopic (exact) mass is 418 g/mol. The van der Waals surface area contributed by atoms with E-state index in [2.05, 4.69) is 20.9 Å². The van der Waals surface area contributed by atoms with E-state index < -0.39 is 23.4 Å². The maximum atomic E-state index is 12.9. The second kappa shape index (κ2) is 8.02. The quantitative estimate of drug-likeness (QED) is 0.596. The van der Waals surface area contributed by atoms with E-state index in [9.17, 15) is 14.4 Å². The predicted octanol–water partition coefficient (Wildman–Crippen LogP) is 2.16. The summed E-state index contributed by atoms with van der Waals surface area (Å²) in [5.74, 6) is -1.20. The molecule has 0 spiro atoms. The van der Waals surface area contributed by atoms with E-state index in [0.717, 1.165) is 5.56 Å². The average Bonchev–Trinajstić information content (AvgIpc) is 3.27. The van der Waals surface area contributed by atoms with Crippen LogP contribution in [0.5, 0.6) is 0 Å². The predicted molar refractivity (Wildman–Crippen MR) is 112 cm³/mol. The first-order valence-corrected chi connectivity index (χ1v) is 9.88. The zero-order valence-corrected chi connectivity index (χ0v) is 17.2. The first-order valence-electron chi connectivity index (χ1n) is 9.88. The van der Waals surface area contributed by atoms with Crippen molar-refractivity contribution in [2.45, 2.75) is 32.2 Å². The van der Waals surface area contributed by atoms with Gasteiger partial charge in [0.25, 0.3) is 11.8 Å². The molecule has 2 aromatic carbocycles. The number of amides is 4. The number of hydrogen-bond donors (Lipinski definition) is 2. The van der Waals surface area contributed by atoms with Crippen LogP contribution in [0.1, 0.15) is 35.1 Å². The van der Waals surface area contributed by atoms with Gasteiger partial charge in [0.15, 0.2) is 5.69 Å². The summed E-state index contributed by atoms with van der Waals surface area (Å²) in [6, 6.07) is 18.1. The van der Waals surface area contributed by atoms with E-state index in [-0.39, 0.29) is 5.69 Å². The van der Waals surface area contributed by atoms with Gasteiger partial charge in [0.1, 0.15) is 5.54 Å². The highest BCUT2D eigenvalue weighted by molar-refractivity contribution is 6.08. The van der Waals surface area contributed by atoms with Crippen LogP contribution in [-0.4, -0.2) is 43.4 Å². The van der Waals surface area contributed by atoms with Crippen LogP contribution in [0.15, 0.2) is 60.7 Å². The number of hydrazine groups is 1. The number of nitrogens with one attached hydrogen (secondary N) is 2. The summed E-state index contributed by atoms with van der Waals surface area (Å²) in [5.41, 5.74) is 3.41. The number of aromatic nitrogens is 3. The molecule has 1 aromatic heterocycles. The Morgan fingerprint density at radius 1 is 1.03 bits per heavy atom. The Bertz CT molecular complexity index is 1130. The molecule has 4 amide bonds. The van der Waals surface area contributed by atoms with Crippen LogP contribution in [0.3, 0.4) is 0 Å².